The number of nitrogens with one attached hydrogen (secondary N) is 1. The second-order valence-corrected chi connectivity index (χ2v) is 7.77. The fourth-order valence-electron chi connectivity index (χ4n) is 3.65. The lowest BCUT2D eigenvalue weighted by Crippen LogP contribution is -2.25. The number of carbonyl (C=O) groups is 1. The standard InChI is InChI=1S/C25H28N4O2/c30-25(22-12-13-26-24(16-22)31-19-20-8-4-3-5-9-20)28-18-21-10-11-23(27-17-21)29-14-6-1-2-7-15-29/h3-5,8-13,16-17H,1-2,6-7,14-15,18-19H2,(H,28,30). The number of amides is 1. The molecule has 1 fully saturated rings. The maximum absolute atomic E-state index is 12.6. The molecule has 1 aromatic carbocycles. The summed E-state index contributed by atoms with van der Waals surface area (Å²) in [7, 11) is 0. The van der Waals surface area contributed by atoms with E-state index in [1.54, 1.807) is 18.3 Å². The first-order valence-electron chi connectivity index (χ1n) is 10.9. The van der Waals surface area contributed by atoms with E-state index in [0.29, 0.717) is 24.6 Å². The summed E-state index contributed by atoms with van der Waals surface area (Å²) in [6, 6.07) is 17.3. The van der Waals surface area contributed by atoms with Crippen molar-refractivity contribution < 1.29 is 9.53 Å². The minimum absolute atomic E-state index is 0.163. The predicted molar refractivity (Wildman–Crippen MR) is 121 cm³/mol. The number of hydrogen-bond donors (Lipinski definition) is 1. The Balaban J connectivity index is 1.30. The Morgan fingerprint density at radius 2 is 1.74 bits per heavy atom. The molecule has 2 aromatic heterocycles. The Hall–Kier alpha value is -3.41. The SMILES string of the molecule is O=C(NCc1ccc(N2CCCCCC2)nc1)c1ccnc(OCc2ccccc2)c1. The monoisotopic (exact) mass is 416 g/mol. The highest BCUT2D eigenvalue weighted by molar-refractivity contribution is 5.94. The van der Waals surface area contributed by atoms with Crippen LogP contribution in [0, 0.1) is 0 Å². The molecule has 0 atom stereocenters. The minimum atomic E-state index is -0.163. The lowest BCUT2D eigenvalue weighted by molar-refractivity contribution is 0.0950. The molecule has 0 unspecified atom stereocenters. The molecule has 6 heteroatoms. The van der Waals surface area contributed by atoms with Gasteiger partial charge in [0.25, 0.3) is 5.91 Å². The van der Waals surface area contributed by atoms with E-state index >= 15 is 0 Å². The molecular formula is C25H28N4O2. The first-order valence-corrected chi connectivity index (χ1v) is 10.9. The number of hydrogen-bond acceptors (Lipinski definition) is 5. The van der Waals surface area contributed by atoms with Crippen LogP contribution in [0.25, 0.3) is 0 Å². The minimum Gasteiger partial charge on any atom is -0.473 e. The number of rotatable bonds is 7. The highest BCUT2D eigenvalue weighted by Gasteiger charge is 2.12. The zero-order valence-electron chi connectivity index (χ0n) is 17.7. The number of pyridine rings is 2. The third-order valence-electron chi connectivity index (χ3n) is 5.42. The van der Waals surface area contributed by atoms with Gasteiger partial charge in [-0.1, -0.05) is 49.2 Å². The van der Waals surface area contributed by atoms with Crippen LogP contribution in [0.2, 0.25) is 0 Å². The van der Waals surface area contributed by atoms with Crippen molar-refractivity contribution in [1.82, 2.24) is 15.3 Å². The van der Waals surface area contributed by atoms with Crippen molar-refractivity contribution in [3.63, 3.8) is 0 Å². The smallest absolute Gasteiger partial charge is 0.251 e. The molecule has 0 bridgehead atoms. The number of nitrogens with zero attached hydrogens (tertiary/aromatic N) is 3. The molecule has 1 aliphatic rings. The Morgan fingerprint density at radius 1 is 0.935 bits per heavy atom. The number of benzene rings is 1. The lowest BCUT2D eigenvalue weighted by Gasteiger charge is -2.21. The predicted octanol–water partition coefficient (Wildman–Crippen LogP) is 4.37. The molecule has 1 saturated heterocycles. The van der Waals surface area contributed by atoms with Gasteiger partial charge in [0.05, 0.1) is 0 Å². The van der Waals surface area contributed by atoms with Gasteiger partial charge >= 0.3 is 0 Å². The van der Waals surface area contributed by atoms with Gasteiger partial charge in [-0.3, -0.25) is 4.79 Å². The average molecular weight is 417 g/mol. The van der Waals surface area contributed by atoms with E-state index < -0.39 is 0 Å². The molecule has 0 aliphatic carbocycles. The molecule has 0 radical (unpaired) electrons. The van der Waals surface area contributed by atoms with Crippen LogP contribution in [0.15, 0.2) is 67.0 Å². The van der Waals surface area contributed by atoms with Crippen molar-refractivity contribution in [3.8, 4) is 5.88 Å². The first kappa shape index (κ1) is 20.8. The molecule has 1 aliphatic heterocycles. The second kappa shape index (κ2) is 10.6. The van der Waals surface area contributed by atoms with Crippen LogP contribution in [-0.4, -0.2) is 29.0 Å². The molecule has 1 N–H and O–H groups in total. The average Bonchev–Trinajstić information content (AvgIpc) is 3.12. The fourth-order valence-corrected chi connectivity index (χ4v) is 3.65. The molecule has 1 amide bonds. The van der Waals surface area contributed by atoms with Crippen LogP contribution < -0.4 is 15.0 Å². The van der Waals surface area contributed by atoms with Gasteiger partial charge in [0.2, 0.25) is 5.88 Å². The van der Waals surface area contributed by atoms with Crippen molar-refractivity contribution in [2.75, 3.05) is 18.0 Å². The van der Waals surface area contributed by atoms with Crippen LogP contribution in [0.3, 0.4) is 0 Å². The number of aromatic nitrogens is 2. The quantitative estimate of drug-likeness (QED) is 0.620. The van der Waals surface area contributed by atoms with Crippen LogP contribution in [-0.2, 0) is 13.2 Å². The maximum Gasteiger partial charge on any atom is 0.251 e. The normalized spacial score (nSPS) is 14.0. The molecule has 0 spiro atoms. The van der Waals surface area contributed by atoms with E-state index in [-0.39, 0.29) is 5.91 Å². The zero-order chi connectivity index (χ0) is 21.3. The first-order chi connectivity index (χ1) is 15.3. The van der Waals surface area contributed by atoms with Crippen molar-refractivity contribution in [1.29, 1.82) is 0 Å². The van der Waals surface area contributed by atoms with E-state index in [4.69, 9.17) is 4.74 Å². The second-order valence-electron chi connectivity index (χ2n) is 7.77. The topological polar surface area (TPSA) is 67.4 Å². The van der Waals surface area contributed by atoms with Crippen LogP contribution in [0.5, 0.6) is 5.88 Å². The Kier molecular flexibility index (Phi) is 7.11. The van der Waals surface area contributed by atoms with Gasteiger partial charge in [-0.15, -0.1) is 0 Å². The summed E-state index contributed by atoms with van der Waals surface area (Å²) >= 11 is 0. The maximum atomic E-state index is 12.6. The van der Waals surface area contributed by atoms with Gasteiger partial charge in [-0.25, -0.2) is 9.97 Å². The van der Waals surface area contributed by atoms with Gasteiger partial charge in [-0.05, 0) is 36.1 Å². The molecule has 3 heterocycles. The highest BCUT2D eigenvalue weighted by Crippen LogP contribution is 2.17. The molecular weight excluding hydrogens is 388 g/mol. The van der Waals surface area contributed by atoms with Crippen LogP contribution in [0.1, 0.15) is 47.2 Å². The van der Waals surface area contributed by atoms with E-state index in [1.165, 1.54) is 25.7 Å². The van der Waals surface area contributed by atoms with E-state index in [2.05, 4.69) is 26.3 Å². The van der Waals surface area contributed by atoms with Crippen molar-refractivity contribution in [2.45, 2.75) is 38.8 Å². The highest BCUT2D eigenvalue weighted by atomic mass is 16.5. The Labute approximate surface area is 183 Å². The van der Waals surface area contributed by atoms with Gasteiger partial charge in [0.1, 0.15) is 12.4 Å². The molecule has 6 nitrogen and oxygen atoms in total. The lowest BCUT2D eigenvalue weighted by atomic mass is 10.2. The van der Waals surface area contributed by atoms with Gasteiger partial charge < -0.3 is 15.0 Å². The van der Waals surface area contributed by atoms with Crippen molar-refractivity contribution in [3.05, 3.63) is 83.7 Å². The number of ether oxygens (including phenoxy) is 1. The zero-order valence-corrected chi connectivity index (χ0v) is 17.7. The van der Waals surface area contributed by atoms with Crippen molar-refractivity contribution >= 4 is 11.7 Å². The molecule has 31 heavy (non-hydrogen) atoms. The van der Waals surface area contributed by atoms with E-state index in [0.717, 1.165) is 30.0 Å². The summed E-state index contributed by atoms with van der Waals surface area (Å²) in [5.41, 5.74) is 2.55. The summed E-state index contributed by atoms with van der Waals surface area (Å²) < 4.78 is 5.72. The molecule has 3 aromatic rings. The van der Waals surface area contributed by atoms with Crippen LogP contribution in [0.4, 0.5) is 5.82 Å². The third-order valence-corrected chi connectivity index (χ3v) is 5.42. The van der Waals surface area contributed by atoms with Gasteiger partial charge in [-0.2, -0.15) is 0 Å². The van der Waals surface area contributed by atoms with Crippen molar-refractivity contribution in [2.24, 2.45) is 0 Å². The fraction of sp³-hybridized carbons (Fsp3) is 0.320. The Bertz CT molecular complexity index is 968. The summed E-state index contributed by atoms with van der Waals surface area (Å²) in [6.45, 7) is 2.97. The number of anilines is 1. The van der Waals surface area contributed by atoms with E-state index in [1.807, 2.05) is 42.6 Å². The summed E-state index contributed by atoms with van der Waals surface area (Å²) in [5.74, 6) is 1.29. The summed E-state index contributed by atoms with van der Waals surface area (Å²) in [4.78, 5) is 23.7. The number of carbonyl (C=O) groups excluding carboxylic acids is 1. The summed E-state index contributed by atoms with van der Waals surface area (Å²) in [6.07, 6.45) is 8.49. The summed E-state index contributed by atoms with van der Waals surface area (Å²) in [5, 5.41) is 2.95. The Morgan fingerprint density at radius 3 is 2.48 bits per heavy atom. The molecule has 160 valence electrons. The molecule has 4 rings (SSSR count). The van der Waals surface area contributed by atoms with Gasteiger partial charge in [0.15, 0.2) is 0 Å². The van der Waals surface area contributed by atoms with E-state index in [9.17, 15) is 4.79 Å². The van der Waals surface area contributed by atoms with Gasteiger partial charge in [0, 0.05) is 43.7 Å². The van der Waals surface area contributed by atoms with Crippen LogP contribution >= 0.6 is 0 Å². The molecule has 0 saturated carbocycles. The third kappa shape index (κ3) is 6.04. The largest absolute Gasteiger partial charge is 0.473 e.